The fraction of sp³-hybridized carbons (Fsp3) is 0.526. The fourth-order valence-corrected chi connectivity index (χ4v) is 2.72. The molecule has 0 unspecified atom stereocenters. The number of hydrogen-bond acceptors (Lipinski definition) is 5. The number of rotatable bonds is 5. The van der Waals surface area contributed by atoms with Crippen molar-refractivity contribution in [1.82, 2.24) is 4.90 Å². The Labute approximate surface area is 148 Å². The molecule has 0 bridgehead atoms. The molecule has 0 aliphatic carbocycles. The van der Waals surface area contributed by atoms with E-state index in [4.69, 9.17) is 9.47 Å². The average Bonchev–Trinajstić information content (AvgIpc) is 2.86. The summed E-state index contributed by atoms with van der Waals surface area (Å²) >= 11 is 0. The molecule has 0 radical (unpaired) electrons. The molecule has 2 rings (SSSR count). The summed E-state index contributed by atoms with van der Waals surface area (Å²) in [6.07, 6.45) is -0.197. The van der Waals surface area contributed by atoms with Crippen molar-refractivity contribution in [2.24, 2.45) is 5.92 Å². The zero-order chi connectivity index (χ0) is 18.6. The Morgan fingerprint density at radius 3 is 2.52 bits per heavy atom. The molecule has 1 aromatic carbocycles. The summed E-state index contributed by atoms with van der Waals surface area (Å²) in [5, 5.41) is 0. The summed E-state index contributed by atoms with van der Waals surface area (Å²) in [6, 6.07) is 9.24. The first-order valence-corrected chi connectivity index (χ1v) is 8.43. The van der Waals surface area contributed by atoms with Gasteiger partial charge in [-0.1, -0.05) is 37.3 Å². The highest BCUT2D eigenvalue weighted by molar-refractivity contribution is 5.96. The second-order valence-electron chi connectivity index (χ2n) is 7.32. The number of carbonyl (C=O) groups excluding carboxylic acids is 3. The van der Waals surface area contributed by atoms with Gasteiger partial charge in [0.2, 0.25) is 5.91 Å². The van der Waals surface area contributed by atoms with E-state index in [0.717, 1.165) is 10.5 Å². The molecule has 1 fully saturated rings. The Morgan fingerprint density at radius 2 is 1.92 bits per heavy atom. The van der Waals surface area contributed by atoms with E-state index >= 15 is 0 Å². The van der Waals surface area contributed by atoms with E-state index in [1.807, 2.05) is 30.3 Å². The molecule has 2 amide bonds. The average molecular weight is 347 g/mol. The molecule has 0 spiro atoms. The number of amides is 2. The van der Waals surface area contributed by atoms with Gasteiger partial charge in [-0.2, -0.15) is 0 Å². The molecule has 1 aliphatic rings. The molecule has 136 valence electrons. The summed E-state index contributed by atoms with van der Waals surface area (Å²) in [7, 11) is 0. The molecular weight excluding hydrogens is 322 g/mol. The molecule has 25 heavy (non-hydrogen) atoms. The van der Waals surface area contributed by atoms with Crippen LogP contribution < -0.4 is 0 Å². The van der Waals surface area contributed by atoms with E-state index in [1.165, 1.54) is 0 Å². The summed E-state index contributed by atoms with van der Waals surface area (Å²) < 4.78 is 10.3. The first-order valence-electron chi connectivity index (χ1n) is 8.43. The van der Waals surface area contributed by atoms with Crippen LogP contribution in [-0.2, 0) is 25.5 Å². The van der Waals surface area contributed by atoms with E-state index in [1.54, 1.807) is 27.7 Å². The number of esters is 1. The highest BCUT2D eigenvalue weighted by atomic mass is 16.6. The summed E-state index contributed by atoms with van der Waals surface area (Å²) in [5.74, 6) is -1.52. The predicted octanol–water partition coefficient (Wildman–Crippen LogP) is 2.94. The lowest BCUT2D eigenvalue weighted by Gasteiger charge is -2.24. The molecule has 0 saturated carbocycles. The maximum absolute atomic E-state index is 12.7. The number of benzene rings is 1. The first kappa shape index (κ1) is 19.0. The number of hydrogen-bond donors (Lipinski definition) is 0. The zero-order valence-electron chi connectivity index (χ0n) is 15.2. The second-order valence-corrected chi connectivity index (χ2v) is 7.32. The van der Waals surface area contributed by atoms with Crippen LogP contribution in [-0.4, -0.2) is 41.1 Å². The van der Waals surface area contributed by atoms with Crippen LogP contribution in [0.2, 0.25) is 0 Å². The van der Waals surface area contributed by atoms with E-state index in [-0.39, 0.29) is 19.1 Å². The fourth-order valence-electron chi connectivity index (χ4n) is 2.72. The van der Waals surface area contributed by atoms with Gasteiger partial charge in [0.25, 0.3) is 0 Å². The van der Waals surface area contributed by atoms with Gasteiger partial charge in [-0.25, -0.2) is 9.69 Å². The van der Waals surface area contributed by atoms with Gasteiger partial charge in [0.1, 0.15) is 12.2 Å². The minimum Gasteiger partial charge on any atom is -0.460 e. The van der Waals surface area contributed by atoms with Crippen LogP contribution in [0.3, 0.4) is 0 Å². The lowest BCUT2D eigenvalue weighted by atomic mass is 10.0. The molecular formula is C19H25NO5. The second kappa shape index (κ2) is 7.68. The molecule has 6 nitrogen and oxygen atoms in total. The number of carbonyl (C=O) groups is 3. The van der Waals surface area contributed by atoms with Crippen LogP contribution in [0.4, 0.5) is 4.79 Å². The standard InChI is InChI=1S/C19H25NO5/c1-13(10-16(21)25-19(2,3)4)17(22)20-15(12-24-18(20)23)11-14-8-6-5-7-9-14/h5-9,13,15H,10-12H2,1-4H3/t13-,15+/m0/s1. The van der Waals surface area contributed by atoms with E-state index in [2.05, 4.69) is 0 Å². The van der Waals surface area contributed by atoms with E-state index < -0.39 is 29.5 Å². The van der Waals surface area contributed by atoms with Crippen LogP contribution in [0.5, 0.6) is 0 Å². The largest absolute Gasteiger partial charge is 0.460 e. The maximum atomic E-state index is 12.7. The SMILES string of the molecule is C[C@@H](CC(=O)OC(C)(C)C)C(=O)N1C(=O)OC[C@H]1Cc1ccccc1. The van der Waals surface area contributed by atoms with Crippen LogP contribution in [0.1, 0.15) is 39.7 Å². The van der Waals surface area contributed by atoms with Gasteiger partial charge < -0.3 is 9.47 Å². The highest BCUT2D eigenvalue weighted by Gasteiger charge is 2.40. The van der Waals surface area contributed by atoms with Crippen molar-refractivity contribution in [3.8, 4) is 0 Å². The molecule has 1 aromatic rings. The van der Waals surface area contributed by atoms with Crippen molar-refractivity contribution < 1.29 is 23.9 Å². The molecule has 0 N–H and O–H groups in total. The zero-order valence-corrected chi connectivity index (χ0v) is 15.2. The molecule has 1 heterocycles. The maximum Gasteiger partial charge on any atom is 0.416 e. The summed E-state index contributed by atoms with van der Waals surface area (Å²) in [4.78, 5) is 37.8. The minimum atomic E-state index is -0.654. The van der Waals surface area contributed by atoms with Crippen LogP contribution in [0, 0.1) is 5.92 Å². The first-order chi connectivity index (χ1) is 11.7. The Kier molecular flexibility index (Phi) is 5.82. The third kappa shape index (κ3) is 5.31. The molecule has 6 heteroatoms. The van der Waals surface area contributed by atoms with Gasteiger partial charge in [0.15, 0.2) is 0 Å². The normalized spacial score (nSPS) is 18.6. The lowest BCUT2D eigenvalue weighted by molar-refractivity contribution is -0.158. The number of imide groups is 1. The predicted molar refractivity (Wildman–Crippen MR) is 91.8 cm³/mol. The Morgan fingerprint density at radius 1 is 1.28 bits per heavy atom. The number of ether oxygens (including phenoxy) is 2. The van der Waals surface area contributed by atoms with E-state index in [9.17, 15) is 14.4 Å². The Bertz CT molecular complexity index is 635. The molecule has 2 atom stereocenters. The van der Waals surface area contributed by atoms with Crippen LogP contribution in [0.25, 0.3) is 0 Å². The van der Waals surface area contributed by atoms with Crippen molar-refractivity contribution in [2.75, 3.05) is 6.61 Å². The van der Waals surface area contributed by atoms with Crippen LogP contribution >= 0.6 is 0 Å². The highest BCUT2D eigenvalue weighted by Crippen LogP contribution is 2.22. The quantitative estimate of drug-likeness (QED) is 0.766. The summed E-state index contributed by atoms with van der Waals surface area (Å²) in [6.45, 7) is 7.09. The van der Waals surface area contributed by atoms with Gasteiger partial charge >= 0.3 is 12.1 Å². The van der Waals surface area contributed by atoms with Gasteiger partial charge in [0, 0.05) is 5.92 Å². The van der Waals surface area contributed by atoms with Gasteiger partial charge in [-0.05, 0) is 32.8 Å². The third-order valence-electron chi connectivity index (χ3n) is 3.83. The van der Waals surface area contributed by atoms with Crippen molar-refractivity contribution in [3.63, 3.8) is 0 Å². The number of cyclic esters (lactones) is 1. The monoisotopic (exact) mass is 347 g/mol. The van der Waals surface area contributed by atoms with Crippen molar-refractivity contribution in [1.29, 1.82) is 0 Å². The van der Waals surface area contributed by atoms with Gasteiger partial charge in [0.05, 0.1) is 12.5 Å². The topological polar surface area (TPSA) is 72.9 Å². The van der Waals surface area contributed by atoms with Crippen molar-refractivity contribution >= 4 is 18.0 Å². The van der Waals surface area contributed by atoms with Crippen molar-refractivity contribution in [3.05, 3.63) is 35.9 Å². The summed E-state index contributed by atoms with van der Waals surface area (Å²) in [5.41, 5.74) is 0.408. The van der Waals surface area contributed by atoms with Gasteiger partial charge in [-0.15, -0.1) is 0 Å². The van der Waals surface area contributed by atoms with Crippen molar-refractivity contribution in [2.45, 2.75) is 52.2 Å². The van der Waals surface area contributed by atoms with Gasteiger partial charge in [-0.3, -0.25) is 9.59 Å². The molecule has 1 aliphatic heterocycles. The lowest BCUT2D eigenvalue weighted by Crippen LogP contribution is -2.43. The minimum absolute atomic E-state index is 0.0715. The number of nitrogens with zero attached hydrogens (tertiary/aromatic N) is 1. The smallest absolute Gasteiger partial charge is 0.416 e. The Hall–Kier alpha value is -2.37. The third-order valence-corrected chi connectivity index (χ3v) is 3.83. The molecule has 0 aromatic heterocycles. The van der Waals surface area contributed by atoms with Crippen LogP contribution in [0.15, 0.2) is 30.3 Å². The molecule has 1 saturated heterocycles. The Balaban J connectivity index is 2.02. The van der Waals surface area contributed by atoms with E-state index in [0.29, 0.717) is 6.42 Å².